The molecule has 0 amide bonds. The van der Waals surface area contributed by atoms with Crippen molar-refractivity contribution in [2.24, 2.45) is 7.05 Å². The van der Waals surface area contributed by atoms with E-state index in [0.29, 0.717) is 0 Å². The monoisotopic (exact) mass is 253 g/mol. The van der Waals surface area contributed by atoms with Crippen LogP contribution in [0.5, 0.6) is 0 Å². The van der Waals surface area contributed by atoms with Gasteiger partial charge in [-0.2, -0.15) is 5.10 Å². The number of hydrogen-bond acceptors (Lipinski definition) is 2. The van der Waals surface area contributed by atoms with Gasteiger partial charge in [0.2, 0.25) is 0 Å². The Morgan fingerprint density at radius 3 is 2.63 bits per heavy atom. The average molecular weight is 253 g/mol. The zero-order valence-corrected chi connectivity index (χ0v) is 11.7. The molecule has 2 aromatic rings. The number of aromatic nitrogens is 2. The maximum Gasteiger partial charge on any atom is 0.0781 e. The quantitative estimate of drug-likeness (QED) is 0.660. The third-order valence-corrected chi connectivity index (χ3v) is 3.13. The second-order valence-electron chi connectivity index (χ2n) is 4.47. The van der Waals surface area contributed by atoms with Crippen LogP contribution in [0.25, 0.3) is 0 Å². The number of nitrogens with two attached hydrogens (primary N) is 1. The Kier molecular flexibility index (Phi) is 3.91. The van der Waals surface area contributed by atoms with Crippen molar-refractivity contribution in [1.82, 2.24) is 9.78 Å². The van der Waals surface area contributed by atoms with Crippen LogP contribution >= 0.6 is 0 Å². The van der Waals surface area contributed by atoms with E-state index in [1.165, 1.54) is 5.69 Å². The first-order valence-electron chi connectivity index (χ1n) is 6.58. The van der Waals surface area contributed by atoms with Crippen LogP contribution in [0.3, 0.4) is 0 Å². The number of hydrogen-bond donors (Lipinski definition) is 1. The molecule has 0 bridgehead atoms. The minimum Gasteiger partial charge on any atom is -0.399 e. The summed E-state index contributed by atoms with van der Waals surface area (Å²) >= 11 is 0. The topological polar surface area (TPSA) is 43.8 Å². The summed E-state index contributed by atoms with van der Waals surface area (Å²) in [5.74, 6) is 6.44. The van der Waals surface area contributed by atoms with E-state index < -0.39 is 0 Å². The molecule has 1 heterocycles. The number of nitrogen functional groups attached to an aromatic ring is 1. The summed E-state index contributed by atoms with van der Waals surface area (Å²) in [5.41, 5.74) is 10.8. The Morgan fingerprint density at radius 2 is 2.00 bits per heavy atom. The van der Waals surface area contributed by atoms with Gasteiger partial charge in [-0.05, 0) is 31.0 Å². The fraction of sp³-hybridized carbons (Fsp3) is 0.312. The van der Waals surface area contributed by atoms with Crippen LogP contribution in [-0.2, 0) is 19.9 Å². The van der Waals surface area contributed by atoms with E-state index >= 15 is 0 Å². The van der Waals surface area contributed by atoms with E-state index in [1.54, 1.807) is 0 Å². The Labute approximate surface area is 114 Å². The molecule has 2 N–H and O–H groups in total. The molecule has 0 atom stereocenters. The number of benzene rings is 1. The van der Waals surface area contributed by atoms with Crippen LogP contribution in [0.15, 0.2) is 24.3 Å². The lowest BCUT2D eigenvalue weighted by Crippen LogP contribution is -1.97. The molecule has 3 heteroatoms. The van der Waals surface area contributed by atoms with Crippen molar-refractivity contribution in [2.45, 2.75) is 26.7 Å². The lowest BCUT2D eigenvalue weighted by Gasteiger charge is -1.97. The zero-order valence-electron chi connectivity index (χ0n) is 11.7. The summed E-state index contributed by atoms with van der Waals surface area (Å²) in [7, 11) is 1.98. The molecule has 0 spiro atoms. The van der Waals surface area contributed by atoms with E-state index in [2.05, 4.69) is 30.8 Å². The Bertz CT molecular complexity index is 642. The summed E-state index contributed by atoms with van der Waals surface area (Å²) < 4.78 is 1.93. The number of aryl methyl sites for hydroxylation is 2. The first-order chi connectivity index (χ1) is 9.15. The maximum absolute atomic E-state index is 5.76. The molecule has 2 rings (SSSR count). The summed E-state index contributed by atoms with van der Waals surface area (Å²) in [4.78, 5) is 0. The van der Waals surface area contributed by atoms with Crippen LogP contribution in [0, 0.1) is 11.8 Å². The fourth-order valence-corrected chi connectivity index (χ4v) is 2.17. The van der Waals surface area contributed by atoms with Gasteiger partial charge >= 0.3 is 0 Å². The van der Waals surface area contributed by atoms with Gasteiger partial charge in [-0.25, -0.2) is 0 Å². The molecule has 0 saturated carbocycles. The molecular formula is C16H19N3. The highest BCUT2D eigenvalue weighted by Crippen LogP contribution is 2.14. The summed E-state index contributed by atoms with van der Waals surface area (Å²) in [5, 5.41) is 4.52. The largest absolute Gasteiger partial charge is 0.399 e. The van der Waals surface area contributed by atoms with Crippen molar-refractivity contribution >= 4 is 5.69 Å². The molecule has 98 valence electrons. The van der Waals surface area contributed by atoms with Crippen molar-refractivity contribution in [3.63, 3.8) is 0 Å². The van der Waals surface area contributed by atoms with Gasteiger partial charge in [0.15, 0.2) is 0 Å². The molecule has 0 fully saturated rings. The highest BCUT2D eigenvalue weighted by molar-refractivity contribution is 5.51. The van der Waals surface area contributed by atoms with E-state index in [-0.39, 0.29) is 0 Å². The van der Waals surface area contributed by atoms with Gasteiger partial charge in [-0.1, -0.05) is 31.8 Å². The number of rotatable bonds is 2. The van der Waals surface area contributed by atoms with Gasteiger partial charge in [0, 0.05) is 18.3 Å². The highest BCUT2D eigenvalue weighted by atomic mass is 15.3. The third kappa shape index (κ3) is 2.79. The average Bonchev–Trinajstić information content (AvgIpc) is 2.71. The minimum atomic E-state index is 0.740. The molecule has 0 aliphatic rings. The second-order valence-corrected chi connectivity index (χ2v) is 4.47. The summed E-state index contributed by atoms with van der Waals surface area (Å²) in [6, 6.07) is 7.64. The van der Waals surface area contributed by atoms with E-state index in [0.717, 1.165) is 35.3 Å². The van der Waals surface area contributed by atoms with Crippen molar-refractivity contribution in [3.05, 3.63) is 46.8 Å². The fourth-order valence-electron chi connectivity index (χ4n) is 2.17. The molecule has 0 aliphatic carbocycles. The van der Waals surface area contributed by atoms with Gasteiger partial charge in [-0.15, -0.1) is 0 Å². The lowest BCUT2D eigenvalue weighted by atomic mass is 10.1. The molecular weight excluding hydrogens is 234 g/mol. The van der Waals surface area contributed by atoms with Gasteiger partial charge in [0.05, 0.1) is 17.0 Å². The van der Waals surface area contributed by atoms with Crippen molar-refractivity contribution in [1.29, 1.82) is 0 Å². The van der Waals surface area contributed by atoms with E-state index in [1.807, 2.05) is 36.0 Å². The third-order valence-electron chi connectivity index (χ3n) is 3.13. The second kappa shape index (κ2) is 5.62. The molecule has 0 radical (unpaired) electrons. The Hall–Kier alpha value is -2.21. The molecule has 0 unspecified atom stereocenters. The normalized spacial score (nSPS) is 10.1. The van der Waals surface area contributed by atoms with Crippen LogP contribution in [0.4, 0.5) is 5.69 Å². The molecule has 0 saturated heterocycles. The first-order valence-corrected chi connectivity index (χ1v) is 6.58. The predicted molar refractivity (Wildman–Crippen MR) is 78.8 cm³/mol. The summed E-state index contributed by atoms with van der Waals surface area (Å²) in [6.45, 7) is 4.23. The summed E-state index contributed by atoms with van der Waals surface area (Å²) in [6.07, 6.45) is 1.83. The standard InChI is InChI=1S/C16H19N3/c1-4-15-14(16(5-2)19(3)18-15)10-9-12-7-6-8-13(17)11-12/h6-8,11H,4-5,17H2,1-3H3. The molecule has 1 aromatic heterocycles. The van der Waals surface area contributed by atoms with Crippen LogP contribution < -0.4 is 5.73 Å². The minimum absolute atomic E-state index is 0.740. The molecule has 1 aromatic carbocycles. The smallest absolute Gasteiger partial charge is 0.0781 e. The van der Waals surface area contributed by atoms with Crippen molar-refractivity contribution in [2.75, 3.05) is 5.73 Å². The predicted octanol–water partition coefficient (Wildman–Crippen LogP) is 2.53. The van der Waals surface area contributed by atoms with Gasteiger partial charge in [-0.3, -0.25) is 4.68 Å². The molecule has 0 aliphatic heterocycles. The SMILES string of the molecule is CCc1nn(C)c(CC)c1C#Cc1cccc(N)c1. The van der Waals surface area contributed by atoms with E-state index in [9.17, 15) is 0 Å². The van der Waals surface area contributed by atoms with Crippen molar-refractivity contribution < 1.29 is 0 Å². The Morgan fingerprint density at radius 1 is 1.21 bits per heavy atom. The number of anilines is 1. The van der Waals surface area contributed by atoms with E-state index in [4.69, 9.17) is 5.73 Å². The Balaban J connectivity index is 2.44. The lowest BCUT2D eigenvalue weighted by molar-refractivity contribution is 0.704. The van der Waals surface area contributed by atoms with Gasteiger partial charge < -0.3 is 5.73 Å². The number of nitrogens with zero attached hydrogens (tertiary/aromatic N) is 2. The van der Waals surface area contributed by atoms with Crippen molar-refractivity contribution in [3.8, 4) is 11.8 Å². The van der Waals surface area contributed by atoms with Crippen LogP contribution in [-0.4, -0.2) is 9.78 Å². The zero-order chi connectivity index (χ0) is 13.8. The van der Waals surface area contributed by atoms with Gasteiger partial charge in [0.1, 0.15) is 0 Å². The molecule has 19 heavy (non-hydrogen) atoms. The van der Waals surface area contributed by atoms with Crippen LogP contribution in [0.1, 0.15) is 36.4 Å². The molecule has 3 nitrogen and oxygen atoms in total. The van der Waals surface area contributed by atoms with Crippen LogP contribution in [0.2, 0.25) is 0 Å². The maximum atomic E-state index is 5.76. The highest BCUT2D eigenvalue weighted by Gasteiger charge is 2.10. The van der Waals surface area contributed by atoms with Gasteiger partial charge in [0.25, 0.3) is 0 Å². The first kappa shape index (κ1) is 13.2.